The molecule has 3 aromatic heterocycles. The van der Waals surface area contributed by atoms with Crippen molar-refractivity contribution in [1.82, 2.24) is 23.5 Å². The van der Waals surface area contributed by atoms with Crippen LogP contribution in [-0.2, 0) is 13.6 Å². The molecule has 0 unspecified atom stereocenters. The summed E-state index contributed by atoms with van der Waals surface area (Å²) in [6.07, 6.45) is 2.73. The molecule has 0 saturated heterocycles. The number of fused-ring (bicyclic) bond motifs is 3. The highest BCUT2D eigenvalue weighted by molar-refractivity contribution is 5.75. The monoisotopic (exact) mass is 444 g/mol. The van der Waals surface area contributed by atoms with Gasteiger partial charge in [0.15, 0.2) is 11.2 Å². The highest BCUT2D eigenvalue weighted by Crippen LogP contribution is 2.22. The number of rotatable bonds is 7. The number of benzene rings is 2. The van der Waals surface area contributed by atoms with E-state index in [1.807, 2.05) is 67.7 Å². The molecule has 2 N–H and O–H groups in total. The van der Waals surface area contributed by atoms with Gasteiger partial charge in [-0.05, 0) is 49.7 Å². The summed E-state index contributed by atoms with van der Waals surface area (Å²) < 4.78 is 11.0. The topological polar surface area (TPSA) is 98.4 Å². The minimum Gasteiger partial charge on any atom is -0.457 e. The molecule has 0 fully saturated rings. The van der Waals surface area contributed by atoms with Gasteiger partial charge in [-0.1, -0.05) is 18.2 Å². The van der Waals surface area contributed by atoms with Gasteiger partial charge in [0.2, 0.25) is 5.78 Å². The zero-order chi connectivity index (χ0) is 22.9. The second-order valence-electron chi connectivity index (χ2n) is 7.91. The van der Waals surface area contributed by atoms with Crippen molar-refractivity contribution in [2.45, 2.75) is 19.9 Å². The fourth-order valence-electron chi connectivity index (χ4n) is 3.93. The van der Waals surface area contributed by atoms with Gasteiger partial charge >= 0.3 is 5.69 Å². The molecule has 9 nitrogen and oxygen atoms in total. The van der Waals surface area contributed by atoms with Gasteiger partial charge in [-0.25, -0.2) is 4.79 Å². The number of hydrogen-bond donors (Lipinski definition) is 2. The van der Waals surface area contributed by atoms with Gasteiger partial charge in [0, 0.05) is 37.7 Å². The minimum atomic E-state index is -0.471. The van der Waals surface area contributed by atoms with Crippen LogP contribution >= 0.6 is 0 Å². The predicted octanol–water partition coefficient (Wildman–Crippen LogP) is 3.28. The van der Waals surface area contributed by atoms with Crippen LogP contribution < -0.4 is 21.3 Å². The minimum absolute atomic E-state index is 0.378. The second-order valence-corrected chi connectivity index (χ2v) is 7.91. The van der Waals surface area contributed by atoms with Gasteiger partial charge in [-0.3, -0.25) is 18.7 Å². The SMILES string of the molecule is Cc1cn2c3c(=O)[nH]c(=O)n(C)c3nc2n1CCCNc1ccc(Oc2ccccc2)cc1. The van der Waals surface area contributed by atoms with Gasteiger partial charge in [-0.15, -0.1) is 0 Å². The number of ether oxygens (including phenoxy) is 1. The normalized spacial score (nSPS) is 11.3. The van der Waals surface area contributed by atoms with E-state index in [1.54, 1.807) is 11.4 Å². The third kappa shape index (κ3) is 3.89. The molecule has 0 aliphatic carbocycles. The van der Waals surface area contributed by atoms with Crippen molar-refractivity contribution in [2.24, 2.45) is 7.05 Å². The van der Waals surface area contributed by atoms with Gasteiger partial charge in [0.05, 0.1) is 0 Å². The molecular formula is C24H24N6O3. The van der Waals surface area contributed by atoms with E-state index in [0.717, 1.165) is 42.4 Å². The van der Waals surface area contributed by atoms with Crippen molar-refractivity contribution >= 4 is 22.6 Å². The summed E-state index contributed by atoms with van der Waals surface area (Å²) in [7, 11) is 1.60. The smallest absolute Gasteiger partial charge is 0.329 e. The van der Waals surface area contributed by atoms with Gasteiger partial charge in [0.25, 0.3) is 5.56 Å². The first-order valence-corrected chi connectivity index (χ1v) is 10.8. The van der Waals surface area contributed by atoms with E-state index in [-0.39, 0.29) is 0 Å². The lowest BCUT2D eigenvalue weighted by molar-refractivity contribution is 0.483. The van der Waals surface area contributed by atoms with E-state index in [0.29, 0.717) is 16.9 Å². The summed E-state index contributed by atoms with van der Waals surface area (Å²) in [5.41, 5.74) is 1.86. The van der Waals surface area contributed by atoms with Gasteiger partial charge in [0.1, 0.15) is 11.5 Å². The van der Waals surface area contributed by atoms with Crippen molar-refractivity contribution in [3.63, 3.8) is 0 Å². The number of anilines is 1. The molecule has 0 atom stereocenters. The molecule has 0 aliphatic rings. The third-order valence-corrected chi connectivity index (χ3v) is 5.64. The number of aryl methyl sites for hydroxylation is 3. The summed E-state index contributed by atoms with van der Waals surface area (Å²) in [5.74, 6) is 2.24. The number of aromatic amines is 1. The Bertz CT molecular complexity index is 1540. The first kappa shape index (κ1) is 20.6. The first-order chi connectivity index (χ1) is 16.0. The molecule has 0 radical (unpaired) electrons. The zero-order valence-corrected chi connectivity index (χ0v) is 18.4. The Morgan fingerprint density at radius 3 is 2.52 bits per heavy atom. The van der Waals surface area contributed by atoms with Crippen LogP contribution in [0.15, 0.2) is 70.4 Å². The average Bonchev–Trinajstić information content (AvgIpc) is 3.32. The number of hydrogen-bond acceptors (Lipinski definition) is 5. The fourth-order valence-corrected chi connectivity index (χ4v) is 3.93. The molecule has 2 aromatic carbocycles. The van der Waals surface area contributed by atoms with Crippen molar-refractivity contribution in [3.8, 4) is 11.5 Å². The molecule has 168 valence electrons. The molecule has 5 rings (SSSR count). The van der Waals surface area contributed by atoms with Crippen LogP contribution in [0.4, 0.5) is 5.69 Å². The van der Waals surface area contributed by atoms with E-state index >= 15 is 0 Å². The molecule has 9 heteroatoms. The molecule has 0 amide bonds. The summed E-state index contributed by atoms with van der Waals surface area (Å²) >= 11 is 0. The molecule has 0 saturated carbocycles. The summed E-state index contributed by atoms with van der Waals surface area (Å²) in [6, 6.07) is 17.5. The lowest BCUT2D eigenvalue weighted by Gasteiger charge is -2.10. The van der Waals surface area contributed by atoms with Gasteiger partial charge < -0.3 is 14.6 Å². The second kappa shape index (κ2) is 8.34. The number of aromatic nitrogens is 5. The average molecular weight is 444 g/mol. The number of nitrogens with zero attached hydrogens (tertiary/aromatic N) is 4. The maximum atomic E-state index is 12.3. The van der Waals surface area contributed by atoms with Crippen LogP contribution in [-0.4, -0.2) is 30.0 Å². The van der Waals surface area contributed by atoms with E-state index in [4.69, 9.17) is 4.74 Å². The van der Waals surface area contributed by atoms with E-state index in [1.165, 1.54) is 4.57 Å². The Balaban J connectivity index is 1.25. The number of nitrogens with one attached hydrogen (secondary N) is 2. The summed E-state index contributed by atoms with van der Waals surface area (Å²) in [4.78, 5) is 31.1. The Hall–Kier alpha value is -4.27. The highest BCUT2D eigenvalue weighted by Gasteiger charge is 2.17. The van der Waals surface area contributed by atoms with Crippen molar-refractivity contribution in [1.29, 1.82) is 0 Å². The van der Waals surface area contributed by atoms with E-state index in [9.17, 15) is 9.59 Å². The Labute approximate surface area is 188 Å². The third-order valence-electron chi connectivity index (χ3n) is 5.64. The highest BCUT2D eigenvalue weighted by atomic mass is 16.5. The van der Waals surface area contributed by atoms with E-state index < -0.39 is 11.2 Å². The number of H-pyrrole nitrogens is 1. The lowest BCUT2D eigenvalue weighted by Crippen LogP contribution is -2.28. The molecule has 0 aliphatic heterocycles. The van der Waals surface area contributed by atoms with Crippen molar-refractivity contribution < 1.29 is 4.74 Å². The molecular weight excluding hydrogens is 420 g/mol. The summed E-state index contributed by atoms with van der Waals surface area (Å²) in [5, 5.41) is 3.42. The van der Waals surface area contributed by atoms with Crippen LogP contribution in [0.5, 0.6) is 11.5 Å². The lowest BCUT2D eigenvalue weighted by atomic mass is 10.3. The quantitative estimate of drug-likeness (QED) is 0.376. The van der Waals surface area contributed by atoms with Crippen molar-refractivity contribution in [2.75, 3.05) is 11.9 Å². The van der Waals surface area contributed by atoms with E-state index in [2.05, 4.69) is 19.9 Å². The fraction of sp³-hybridized carbons (Fsp3) is 0.208. The Kier molecular flexibility index (Phi) is 5.21. The number of para-hydroxylation sites is 1. The van der Waals surface area contributed by atoms with Crippen LogP contribution in [0.3, 0.4) is 0 Å². The van der Waals surface area contributed by atoms with Crippen molar-refractivity contribution in [3.05, 3.63) is 87.3 Å². The van der Waals surface area contributed by atoms with Crippen LogP contribution in [0, 0.1) is 6.92 Å². The van der Waals surface area contributed by atoms with Crippen LogP contribution in [0.25, 0.3) is 16.9 Å². The largest absolute Gasteiger partial charge is 0.457 e. The molecule has 3 heterocycles. The standard InChI is InChI=1S/C24H24N6O3/c1-16-15-30-20-21(28(2)24(32)27-22(20)31)26-23(30)29(16)14-6-13-25-17-9-11-19(12-10-17)33-18-7-4-3-5-8-18/h3-5,7-12,15,25H,6,13-14H2,1-2H3,(H,27,31,32). The van der Waals surface area contributed by atoms with Crippen LogP contribution in [0.1, 0.15) is 12.1 Å². The Morgan fingerprint density at radius 2 is 1.76 bits per heavy atom. The first-order valence-electron chi connectivity index (χ1n) is 10.8. The molecule has 5 aromatic rings. The molecule has 0 spiro atoms. The maximum absolute atomic E-state index is 12.3. The van der Waals surface area contributed by atoms with Crippen LogP contribution in [0.2, 0.25) is 0 Å². The van der Waals surface area contributed by atoms with Gasteiger partial charge in [-0.2, -0.15) is 4.98 Å². The summed E-state index contributed by atoms with van der Waals surface area (Å²) in [6.45, 7) is 3.47. The zero-order valence-electron chi connectivity index (χ0n) is 18.4. The molecule has 33 heavy (non-hydrogen) atoms. The molecule has 0 bridgehead atoms. The Morgan fingerprint density at radius 1 is 1.03 bits per heavy atom. The maximum Gasteiger partial charge on any atom is 0.329 e. The predicted molar refractivity (Wildman–Crippen MR) is 127 cm³/mol. The number of imidazole rings is 2.